The number of pyridine rings is 1. The summed E-state index contributed by atoms with van der Waals surface area (Å²) in [6.07, 6.45) is 1.61. The van der Waals surface area contributed by atoms with E-state index >= 15 is 0 Å². The van der Waals surface area contributed by atoms with Crippen LogP contribution in [0.5, 0.6) is 0 Å². The molecular formula is C11H8BrN5OS. The third-order valence-electron chi connectivity index (χ3n) is 2.34. The number of aromatic nitrogens is 4. The van der Waals surface area contributed by atoms with Crippen molar-refractivity contribution < 1.29 is 4.42 Å². The Morgan fingerprint density at radius 2 is 2.11 bits per heavy atom. The zero-order valence-electron chi connectivity index (χ0n) is 9.79. The number of thiazole rings is 1. The van der Waals surface area contributed by atoms with Crippen LogP contribution >= 0.6 is 27.3 Å². The smallest absolute Gasteiger partial charge is 0.277 e. The van der Waals surface area contributed by atoms with Crippen LogP contribution in [0, 0.1) is 6.92 Å². The van der Waals surface area contributed by atoms with Crippen LogP contribution in [0.25, 0.3) is 22.4 Å². The minimum Gasteiger partial charge on any atom is -0.414 e. The molecule has 0 aliphatic rings. The molecule has 0 spiro atoms. The fourth-order valence-electron chi connectivity index (χ4n) is 1.49. The Kier molecular flexibility index (Phi) is 3.03. The largest absolute Gasteiger partial charge is 0.414 e. The molecule has 96 valence electrons. The van der Waals surface area contributed by atoms with E-state index in [1.165, 1.54) is 11.3 Å². The number of hydrogen-bond donors (Lipinski definition) is 1. The maximum atomic E-state index is 5.80. The summed E-state index contributed by atoms with van der Waals surface area (Å²) in [5, 5.41) is 10.6. The van der Waals surface area contributed by atoms with E-state index in [0.29, 0.717) is 28.2 Å². The van der Waals surface area contributed by atoms with Crippen molar-refractivity contribution in [1.82, 2.24) is 20.2 Å². The summed E-state index contributed by atoms with van der Waals surface area (Å²) < 4.78 is 6.38. The predicted octanol–water partition coefficient (Wildman–Crippen LogP) is 2.91. The van der Waals surface area contributed by atoms with Gasteiger partial charge in [-0.15, -0.1) is 21.5 Å². The summed E-state index contributed by atoms with van der Waals surface area (Å²) in [6, 6.07) is 1.78. The number of nitrogen functional groups attached to an aromatic ring is 1. The maximum Gasteiger partial charge on any atom is 0.277 e. The summed E-state index contributed by atoms with van der Waals surface area (Å²) in [4.78, 5) is 8.33. The molecule has 0 radical (unpaired) electrons. The molecule has 0 aliphatic heterocycles. The fraction of sp³-hybridized carbons (Fsp3) is 0.0909. The monoisotopic (exact) mass is 337 g/mol. The first-order valence-electron chi connectivity index (χ1n) is 5.31. The first-order valence-corrected chi connectivity index (χ1v) is 6.98. The lowest BCUT2D eigenvalue weighted by Crippen LogP contribution is -1.93. The SMILES string of the molecule is Cc1csc(-c2nnc(-c3cc(Br)cnc3N)o2)n1. The summed E-state index contributed by atoms with van der Waals surface area (Å²) in [5.74, 6) is 1.05. The van der Waals surface area contributed by atoms with E-state index in [9.17, 15) is 0 Å². The highest BCUT2D eigenvalue weighted by Gasteiger charge is 2.15. The van der Waals surface area contributed by atoms with E-state index in [0.717, 1.165) is 10.2 Å². The lowest BCUT2D eigenvalue weighted by atomic mass is 10.2. The Morgan fingerprint density at radius 3 is 2.84 bits per heavy atom. The number of anilines is 1. The first kappa shape index (κ1) is 12.2. The van der Waals surface area contributed by atoms with E-state index in [2.05, 4.69) is 36.1 Å². The molecule has 2 N–H and O–H groups in total. The van der Waals surface area contributed by atoms with Crippen molar-refractivity contribution in [1.29, 1.82) is 0 Å². The fourth-order valence-corrected chi connectivity index (χ4v) is 2.54. The minimum atomic E-state index is 0.328. The Balaban J connectivity index is 2.03. The van der Waals surface area contributed by atoms with Gasteiger partial charge in [-0.2, -0.15) is 0 Å². The average Bonchev–Trinajstić information content (AvgIpc) is 3.00. The predicted molar refractivity (Wildman–Crippen MR) is 75.5 cm³/mol. The van der Waals surface area contributed by atoms with Gasteiger partial charge < -0.3 is 10.2 Å². The molecule has 0 aromatic carbocycles. The highest BCUT2D eigenvalue weighted by molar-refractivity contribution is 9.10. The van der Waals surface area contributed by atoms with Gasteiger partial charge in [0.2, 0.25) is 0 Å². The van der Waals surface area contributed by atoms with Gasteiger partial charge in [0.15, 0.2) is 5.01 Å². The van der Waals surface area contributed by atoms with E-state index in [4.69, 9.17) is 10.2 Å². The molecule has 8 heteroatoms. The molecule has 3 aromatic rings. The van der Waals surface area contributed by atoms with Crippen molar-refractivity contribution in [3.8, 4) is 22.4 Å². The number of aryl methyl sites for hydroxylation is 1. The highest BCUT2D eigenvalue weighted by atomic mass is 79.9. The van der Waals surface area contributed by atoms with Crippen molar-refractivity contribution in [3.63, 3.8) is 0 Å². The van der Waals surface area contributed by atoms with Crippen LogP contribution in [-0.2, 0) is 0 Å². The molecule has 0 saturated heterocycles. The van der Waals surface area contributed by atoms with Gasteiger partial charge in [0, 0.05) is 21.7 Å². The standard InChI is InChI=1S/C11H8BrN5OS/c1-5-4-19-11(15-5)10-17-16-9(18-10)7-2-6(12)3-14-8(7)13/h2-4H,1H3,(H2,13,14). The van der Waals surface area contributed by atoms with E-state index in [1.54, 1.807) is 12.3 Å². The van der Waals surface area contributed by atoms with Crippen molar-refractivity contribution in [2.24, 2.45) is 0 Å². The van der Waals surface area contributed by atoms with Crippen LogP contribution in [0.15, 0.2) is 26.5 Å². The van der Waals surface area contributed by atoms with Crippen LogP contribution in [0.4, 0.5) is 5.82 Å². The summed E-state index contributed by atoms with van der Waals surface area (Å²) in [7, 11) is 0. The average molecular weight is 338 g/mol. The van der Waals surface area contributed by atoms with E-state index < -0.39 is 0 Å². The van der Waals surface area contributed by atoms with Gasteiger partial charge in [0.05, 0.1) is 5.56 Å². The van der Waals surface area contributed by atoms with E-state index in [-0.39, 0.29) is 0 Å². The molecule has 3 rings (SSSR count). The van der Waals surface area contributed by atoms with E-state index in [1.807, 2.05) is 12.3 Å². The Hall–Kier alpha value is -1.80. The van der Waals surface area contributed by atoms with Crippen molar-refractivity contribution in [2.45, 2.75) is 6.92 Å². The highest BCUT2D eigenvalue weighted by Crippen LogP contribution is 2.29. The van der Waals surface area contributed by atoms with Crippen LogP contribution < -0.4 is 5.73 Å². The van der Waals surface area contributed by atoms with Crippen molar-refractivity contribution in [2.75, 3.05) is 5.73 Å². The number of nitrogens with two attached hydrogens (primary N) is 1. The second-order valence-electron chi connectivity index (χ2n) is 3.79. The van der Waals surface area contributed by atoms with Gasteiger partial charge in [-0.05, 0) is 28.9 Å². The Morgan fingerprint density at radius 1 is 1.32 bits per heavy atom. The quantitative estimate of drug-likeness (QED) is 0.773. The number of nitrogens with zero attached hydrogens (tertiary/aromatic N) is 4. The summed E-state index contributed by atoms with van der Waals surface area (Å²) in [5.41, 5.74) is 7.32. The van der Waals surface area contributed by atoms with Gasteiger partial charge in [-0.25, -0.2) is 9.97 Å². The third-order valence-corrected chi connectivity index (χ3v) is 3.72. The summed E-state index contributed by atoms with van der Waals surface area (Å²) >= 11 is 4.79. The molecular weight excluding hydrogens is 330 g/mol. The lowest BCUT2D eigenvalue weighted by molar-refractivity contribution is 0.584. The number of rotatable bonds is 2. The summed E-state index contributed by atoms with van der Waals surface area (Å²) in [6.45, 7) is 1.91. The van der Waals surface area contributed by atoms with Crippen molar-refractivity contribution >= 4 is 33.1 Å². The number of halogens is 1. The zero-order chi connectivity index (χ0) is 13.4. The molecule has 3 heterocycles. The van der Waals surface area contributed by atoms with Crippen LogP contribution in [0.2, 0.25) is 0 Å². The molecule has 3 aromatic heterocycles. The van der Waals surface area contributed by atoms with Gasteiger partial charge in [-0.1, -0.05) is 0 Å². The third kappa shape index (κ3) is 2.36. The molecule has 19 heavy (non-hydrogen) atoms. The second kappa shape index (κ2) is 4.71. The van der Waals surface area contributed by atoms with Gasteiger partial charge in [0.1, 0.15) is 5.82 Å². The second-order valence-corrected chi connectivity index (χ2v) is 5.57. The topological polar surface area (TPSA) is 90.7 Å². The Bertz CT molecular complexity index is 738. The molecule has 0 amide bonds. The van der Waals surface area contributed by atoms with Gasteiger partial charge in [-0.3, -0.25) is 0 Å². The normalized spacial score (nSPS) is 10.8. The molecule has 0 saturated carbocycles. The molecule has 0 fully saturated rings. The van der Waals surface area contributed by atoms with Crippen LogP contribution in [0.1, 0.15) is 5.69 Å². The molecule has 0 atom stereocenters. The Labute approximate surface area is 120 Å². The number of hydrogen-bond acceptors (Lipinski definition) is 7. The van der Waals surface area contributed by atoms with Crippen molar-refractivity contribution in [3.05, 3.63) is 27.8 Å². The zero-order valence-corrected chi connectivity index (χ0v) is 12.2. The molecule has 0 bridgehead atoms. The molecule has 0 unspecified atom stereocenters. The molecule has 0 aliphatic carbocycles. The maximum absolute atomic E-state index is 5.80. The van der Waals surface area contributed by atoms with Crippen LogP contribution in [0.3, 0.4) is 0 Å². The molecule has 6 nitrogen and oxygen atoms in total. The lowest BCUT2D eigenvalue weighted by Gasteiger charge is -1.99. The van der Waals surface area contributed by atoms with Gasteiger partial charge >= 0.3 is 0 Å². The minimum absolute atomic E-state index is 0.328. The first-order chi connectivity index (χ1) is 9.13. The van der Waals surface area contributed by atoms with Gasteiger partial charge in [0.25, 0.3) is 11.8 Å². The van der Waals surface area contributed by atoms with Crippen LogP contribution in [-0.4, -0.2) is 20.2 Å².